The van der Waals surface area contributed by atoms with E-state index in [1.54, 1.807) is 30.3 Å². The van der Waals surface area contributed by atoms with Crippen LogP contribution in [0, 0.1) is 0 Å². The van der Waals surface area contributed by atoms with Gasteiger partial charge in [-0.15, -0.1) is 0 Å². The van der Waals surface area contributed by atoms with Crippen molar-refractivity contribution >= 4 is 23.6 Å². The molecular weight excluding hydrogens is 318 g/mol. The largest absolute Gasteiger partial charge is 0.493 e. The van der Waals surface area contributed by atoms with Crippen LogP contribution < -0.4 is 10.1 Å². The van der Waals surface area contributed by atoms with Gasteiger partial charge >= 0.3 is 5.97 Å². The second-order valence-corrected chi connectivity index (χ2v) is 5.28. The predicted octanol–water partition coefficient (Wildman–Crippen LogP) is 3.91. The highest BCUT2D eigenvalue weighted by molar-refractivity contribution is 6.02. The molecule has 0 saturated carbocycles. The third kappa shape index (κ3) is 5.49. The van der Waals surface area contributed by atoms with Crippen LogP contribution >= 0.6 is 0 Å². The number of esters is 1. The van der Waals surface area contributed by atoms with Gasteiger partial charge in [0.15, 0.2) is 0 Å². The number of para-hydroxylation sites is 1. The number of carbonyl (C=O) groups excluding carboxylic acids is 2. The van der Waals surface area contributed by atoms with E-state index in [9.17, 15) is 9.59 Å². The van der Waals surface area contributed by atoms with E-state index in [2.05, 4.69) is 10.1 Å². The maximum atomic E-state index is 12.1. The van der Waals surface area contributed by atoms with Crippen LogP contribution in [0.1, 0.15) is 29.3 Å². The minimum absolute atomic E-state index is 0.299. The van der Waals surface area contributed by atoms with Gasteiger partial charge in [0, 0.05) is 17.3 Å². The molecule has 0 saturated heterocycles. The first-order valence-electron chi connectivity index (χ1n) is 8.03. The summed E-state index contributed by atoms with van der Waals surface area (Å²) in [5, 5.41) is 2.72. The Bertz CT molecular complexity index is 768. The van der Waals surface area contributed by atoms with Crippen molar-refractivity contribution in [3.05, 3.63) is 65.7 Å². The molecule has 2 aromatic carbocycles. The fourth-order valence-electron chi connectivity index (χ4n) is 2.15. The summed E-state index contributed by atoms with van der Waals surface area (Å²) in [6.45, 7) is 2.66. The number of rotatable bonds is 7. The number of methoxy groups -OCH3 is 1. The number of benzene rings is 2. The van der Waals surface area contributed by atoms with Gasteiger partial charge in [-0.1, -0.05) is 31.2 Å². The smallest absolute Gasteiger partial charge is 0.337 e. The van der Waals surface area contributed by atoms with E-state index in [4.69, 9.17) is 4.74 Å². The number of ether oxygens (including phenoxy) is 2. The van der Waals surface area contributed by atoms with Gasteiger partial charge in [0.1, 0.15) is 5.75 Å². The lowest BCUT2D eigenvalue weighted by Gasteiger charge is -2.08. The molecule has 25 heavy (non-hydrogen) atoms. The van der Waals surface area contributed by atoms with Crippen molar-refractivity contribution in [1.29, 1.82) is 0 Å². The summed E-state index contributed by atoms with van der Waals surface area (Å²) >= 11 is 0. The second-order valence-electron chi connectivity index (χ2n) is 5.28. The Morgan fingerprint density at radius 1 is 1.12 bits per heavy atom. The third-order valence-electron chi connectivity index (χ3n) is 3.35. The maximum Gasteiger partial charge on any atom is 0.337 e. The van der Waals surface area contributed by atoms with E-state index in [1.807, 2.05) is 31.2 Å². The van der Waals surface area contributed by atoms with E-state index in [1.165, 1.54) is 13.2 Å². The number of carbonyl (C=O) groups is 2. The van der Waals surface area contributed by atoms with Gasteiger partial charge in [0.05, 0.1) is 19.3 Å². The van der Waals surface area contributed by atoms with Gasteiger partial charge in [0.2, 0.25) is 5.91 Å². The Morgan fingerprint density at radius 2 is 1.92 bits per heavy atom. The molecule has 5 heteroatoms. The molecule has 1 amide bonds. The average Bonchev–Trinajstić information content (AvgIpc) is 2.64. The molecule has 2 aromatic rings. The Morgan fingerprint density at radius 3 is 2.68 bits per heavy atom. The van der Waals surface area contributed by atoms with Crippen LogP contribution in [0.4, 0.5) is 5.69 Å². The molecule has 0 aliphatic rings. The van der Waals surface area contributed by atoms with Gasteiger partial charge in [-0.05, 0) is 36.8 Å². The van der Waals surface area contributed by atoms with E-state index in [0.29, 0.717) is 17.9 Å². The summed E-state index contributed by atoms with van der Waals surface area (Å²) in [6, 6.07) is 14.1. The molecule has 0 aromatic heterocycles. The van der Waals surface area contributed by atoms with Crippen LogP contribution in [0.15, 0.2) is 54.6 Å². The number of hydrogen-bond acceptors (Lipinski definition) is 4. The highest BCUT2D eigenvalue weighted by Crippen LogP contribution is 2.20. The summed E-state index contributed by atoms with van der Waals surface area (Å²) in [6.07, 6.45) is 4.04. The minimum Gasteiger partial charge on any atom is -0.493 e. The number of nitrogens with one attached hydrogen (secondary N) is 1. The van der Waals surface area contributed by atoms with E-state index in [0.717, 1.165) is 17.7 Å². The molecule has 0 spiro atoms. The van der Waals surface area contributed by atoms with Gasteiger partial charge in [-0.3, -0.25) is 4.79 Å². The molecule has 0 bridgehead atoms. The lowest BCUT2D eigenvalue weighted by molar-refractivity contribution is -0.111. The Labute approximate surface area is 147 Å². The molecule has 130 valence electrons. The van der Waals surface area contributed by atoms with Crippen LogP contribution in [-0.4, -0.2) is 25.6 Å². The summed E-state index contributed by atoms with van der Waals surface area (Å²) < 4.78 is 10.3. The van der Waals surface area contributed by atoms with Crippen molar-refractivity contribution in [2.24, 2.45) is 0 Å². The van der Waals surface area contributed by atoms with Crippen LogP contribution in [0.5, 0.6) is 5.75 Å². The summed E-state index contributed by atoms with van der Waals surface area (Å²) in [5.74, 6) is -0.0120. The Hall–Kier alpha value is -3.08. The van der Waals surface area contributed by atoms with Crippen molar-refractivity contribution in [2.75, 3.05) is 19.0 Å². The number of anilines is 1. The molecule has 0 aliphatic carbocycles. The number of amides is 1. The molecular formula is C20H21NO4. The topological polar surface area (TPSA) is 64.6 Å². The molecule has 0 unspecified atom stereocenters. The van der Waals surface area contributed by atoms with E-state index >= 15 is 0 Å². The van der Waals surface area contributed by atoms with Crippen LogP contribution in [-0.2, 0) is 9.53 Å². The predicted molar refractivity (Wildman–Crippen MR) is 97.7 cm³/mol. The lowest BCUT2D eigenvalue weighted by atomic mass is 10.2. The van der Waals surface area contributed by atoms with Crippen LogP contribution in [0.2, 0.25) is 0 Å². The fraction of sp³-hybridized carbons (Fsp3) is 0.200. The standard InChI is InChI=1S/C20H21NO4/c1-3-13-25-18-10-5-4-7-15(18)11-12-19(22)21-17-9-6-8-16(14-17)20(23)24-2/h4-12,14H,3,13H2,1-2H3,(H,21,22)/b12-11+. The third-order valence-corrected chi connectivity index (χ3v) is 3.35. The zero-order chi connectivity index (χ0) is 18.1. The first kappa shape index (κ1) is 18.3. The number of hydrogen-bond donors (Lipinski definition) is 1. The van der Waals surface area contributed by atoms with Gasteiger partial charge in [-0.25, -0.2) is 4.79 Å². The average molecular weight is 339 g/mol. The first-order chi connectivity index (χ1) is 12.1. The first-order valence-corrected chi connectivity index (χ1v) is 8.03. The van der Waals surface area contributed by atoms with Crippen LogP contribution in [0.3, 0.4) is 0 Å². The Kier molecular flexibility index (Phi) is 6.77. The molecule has 2 rings (SSSR count). The van der Waals surface area contributed by atoms with Crippen molar-refractivity contribution in [1.82, 2.24) is 0 Å². The van der Waals surface area contributed by atoms with Crippen molar-refractivity contribution in [3.63, 3.8) is 0 Å². The molecule has 0 fully saturated rings. The molecule has 0 aliphatic heterocycles. The summed E-state index contributed by atoms with van der Waals surface area (Å²) in [5.41, 5.74) is 1.73. The molecule has 0 heterocycles. The van der Waals surface area contributed by atoms with Crippen LogP contribution in [0.25, 0.3) is 6.08 Å². The summed E-state index contributed by atoms with van der Waals surface area (Å²) in [4.78, 5) is 23.6. The SMILES string of the molecule is CCCOc1ccccc1/C=C/C(=O)Nc1cccc(C(=O)OC)c1. The lowest BCUT2D eigenvalue weighted by Crippen LogP contribution is -2.09. The normalized spacial score (nSPS) is 10.5. The quantitative estimate of drug-likeness (QED) is 0.613. The van der Waals surface area contributed by atoms with E-state index < -0.39 is 5.97 Å². The minimum atomic E-state index is -0.450. The molecule has 0 atom stereocenters. The molecule has 1 N–H and O–H groups in total. The second kappa shape index (κ2) is 9.27. The van der Waals surface area contributed by atoms with Gasteiger partial charge < -0.3 is 14.8 Å². The fourth-order valence-corrected chi connectivity index (χ4v) is 2.15. The highest BCUT2D eigenvalue weighted by Gasteiger charge is 2.07. The monoisotopic (exact) mass is 339 g/mol. The highest BCUT2D eigenvalue weighted by atomic mass is 16.5. The summed E-state index contributed by atoms with van der Waals surface area (Å²) in [7, 11) is 1.31. The van der Waals surface area contributed by atoms with Gasteiger partial charge in [-0.2, -0.15) is 0 Å². The molecule has 0 radical (unpaired) electrons. The van der Waals surface area contributed by atoms with Crippen molar-refractivity contribution in [2.45, 2.75) is 13.3 Å². The van der Waals surface area contributed by atoms with Gasteiger partial charge in [0.25, 0.3) is 0 Å². The maximum absolute atomic E-state index is 12.1. The van der Waals surface area contributed by atoms with Crippen molar-refractivity contribution < 1.29 is 19.1 Å². The zero-order valence-electron chi connectivity index (χ0n) is 14.3. The zero-order valence-corrected chi connectivity index (χ0v) is 14.3. The molecule has 5 nitrogen and oxygen atoms in total. The van der Waals surface area contributed by atoms with Crippen molar-refractivity contribution in [3.8, 4) is 5.75 Å². The van der Waals surface area contributed by atoms with E-state index in [-0.39, 0.29) is 5.91 Å². The Balaban J connectivity index is 2.05.